The van der Waals surface area contributed by atoms with E-state index in [4.69, 9.17) is 4.74 Å². The molecule has 1 aromatic carbocycles. The fraction of sp³-hybridized carbons (Fsp3) is 0.400. The van der Waals surface area contributed by atoms with E-state index in [9.17, 15) is 4.79 Å². The molecular formula is C15H21N2O2+. The fourth-order valence-corrected chi connectivity index (χ4v) is 2.34. The van der Waals surface area contributed by atoms with Crippen LogP contribution in [0, 0.1) is 0 Å². The normalized spacial score (nSPS) is 11.8. The van der Waals surface area contributed by atoms with E-state index in [1.54, 1.807) is 0 Å². The maximum Gasteiger partial charge on any atom is 0.305 e. The number of aryl methyl sites for hydroxylation is 1. The van der Waals surface area contributed by atoms with Gasteiger partial charge in [-0.05, 0) is 12.5 Å². The predicted octanol–water partition coefficient (Wildman–Crippen LogP) is 2.47. The summed E-state index contributed by atoms with van der Waals surface area (Å²) in [6.45, 7) is 0. The van der Waals surface area contributed by atoms with Gasteiger partial charge in [-0.1, -0.05) is 18.2 Å². The van der Waals surface area contributed by atoms with Crippen molar-refractivity contribution in [3.05, 3.63) is 29.8 Å². The van der Waals surface area contributed by atoms with Crippen molar-refractivity contribution in [3.8, 4) is 0 Å². The largest absolute Gasteiger partial charge is 0.469 e. The lowest BCUT2D eigenvalue weighted by atomic mass is 10.1. The van der Waals surface area contributed by atoms with Crippen molar-refractivity contribution in [3.63, 3.8) is 0 Å². The van der Waals surface area contributed by atoms with E-state index in [0.717, 1.165) is 11.3 Å². The number of benzene rings is 1. The number of quaternary nitrogens is 1. The highest BCUT2D eigenvalue weighted by molar-refractivity contribution is 5.89. The van der Waals surface area contributed by atoms with E-state index >= 15 is 0 Å². The van der Waals surface area contributed by atoms with Crippen molar-refractivity contribution in [2.24, 2.45) is 0 Å². The summed E-state index contributed by atoms with van der Waals surface area (Å²) in [5.41, 5.74) is 2.32. The number of nitrogens with zero attached hydrogens (tertiary/aromatic N) is 1. The second-order valence-corrected chi connectivity index (χ2v) is 5.59. The Labute approximate surface area is 113 Å². The Bertz CT molecular complexity index is 594. The van der Waals surface area contributed by atoms with Crippen LogP contribution in [0.3, 0.4) is 0 Å². The van der Waals surface area contributed by atoms with Crippen molar-refractivity contribution in [1.29, 1.82) is 0 Å². The van der Waals surface area contributed by atoms with Gasteiger partial charge in [0, 0.05) is 17.4 Å². The number of methoxy groups -OCH3 is 1. The SMILES string of the molecule is COC(=O)CCc1c([N+](C)(C)C)[nH]c2ccccc12. The molecule has 19 heavy (non-hydrogen) atoms. The Morgan fingerprint density at radius 3 is 2.58 bits per heavy atom. The number of rotatable bonds is 4. The summed E-state index contributed by atoms with van der Waals surface area (Å²) in [7, 11) is 7.78. The van der Waals surface area contributed by atoms with Gasteiger partial charge in [0.15, 0.2) is 0 Å². The number of esters is 1. The molecule has 1 N–H and O–H groups in total. The Kier molecular flexibility index (Phi) is 3.62. The van der Waals surface area contributed by atoms with Crippen LogP contribution >= 0.6 is 0 Å². The molecular weight excluding hydrogens is 240 g/mol. The minimum Gasteiger partial charge on any atom is -0.469 e. The lowest BCUT2D eigenvalue weighted by Gasteiger charge is -2.23. The first-order valence-corrected chi connectivity index (χ1v) is 6.42. The summed E-state index contributed by atoms with van der Waals surface area (Å²) < 4.78 is 5.43. The predicted molar refractivity (Wildman–Crippen MR) is 78.2 cm³/mol. The highest BCUT2D eigenvalue weighted by Gasteiger charge is 2.23. The third-order valence-corrected chi connectivity index (χ3v) is 3.27. The lowest BCUT2D eigenvalue weighted by molar-refractivity contribution is -0.140. The van der Waals surface area contributed by atoms with Gasteiger partial charge in [0.05, 0.1) is 33.8 Å². The fourth-order valence-electron chi connectivity index (χ4n) is 2.34. The van der Waals surface area contributed by atoms with Crippen molar-refractivity contribution in [2.75, 3.05) is 28.3 Å². The van der Waals surface area contributed by atoms with E-state index in [2.05, 4.69) is 38.3 Å². The number of hydrogen-bond donors (Lipinski definition) is 1. The second-order valence-electron chi connectivity index (χ2n) is 5.59. The molecule has 0 bridgehead atoms. The Morgan fingerprint density at radius 2 is 1.95 bits per heavy atom. The van der Waals surface area contributed by atoms with Gasteiger partial charge in [-0.3, -0.25) is 9.28 Å². The number of aromatic nitrogens is 1. The zero-order chi connectivity index (χ0) is 14.0. The zero-order valence-electron chi connectivity index (χ0n) is 12.0. The number of para-hydroxylation sites is 1. The molecule has 102 valence electrons. The molecule has 0 atom stereocenters. The molecule has 4 heteroatoms. The molecule has 2 rings (SSSR count). The summed E-state index contributed by atoms with van der Waals surface area (Å²) in [6, 6.07) is 8.20. The smallest absolute Gasteiger partial charge is 0.305 e. The third kappa shape index (κ3) is 2.79. The summed E-state index contributed by atoms with van der Waals surface area (Å²) >= 11 is 0. The molecule has 0 saturated carbocycles. The molecule has 4 nitrogen and oxygen atoms in total. The van der Waals surface area contributed by atoms with E-state index in [-0.39, 0.29) is 5.97 Å². The van der Waals surface area contributed by atoms with Gasteiger partial charge in [-0.2, -0.15) is 0 Å². The average Bonchev–Trinajstić information content (AvgIpc) is 2.74. The molecule has 0 spiro atoms. The van der Waals surface area contributed by atoms with Crippen LogP contribution in [0.25, 0.3) is 10.9 Å². The topological polar surface area (TPSA) is 42.1 Å². The first-order chi connectivity index (χ1) is 8.93. The lowest BCUT2D eigenvalue weighted by Crippen LogP contribution is -2.36. The van der Waals surface area contributed by atoms with E-state index in [0.29, 0.717) is 17.3 Å². The molecule has 0 aliphatic rings. The molecule has 0 fully saturated rings. The molecule has 0 aliphatic carbocycles. The van der Waals surface area contributed by atoms with Crippen LogP contribution in [0.2, 0.25) is 0 Å². The van der Waals surface area contributed by atoms with Gasteiger partial charge in [0.25, 0.3) is 0 Å². The zero-order valence-corrected chi connectivity index (χ0v) is 12.0. The summed E-state index contributed by atoms with van der Waals surface area (Å²) in [5.74, 6) is 0.975. The molecule has 0 aliphatic heterocycles. The summed E-state index contributed by atoms with van der Waals surface area (Å²) in [6.07, 6.45) is 1.10. The number of fused-ring (bicyclic) bond motifs is 1. The van der Waals surface area contributed by atoms with Gasteiger partial charge in [0.2, 0.25) is 5.82 Å². The Hall–Kier alpha value is -1.81. The average molecular weight is 261 g/mol. The van der Waals surface area contributed by atoms with E-state index in [1.807, 2.05) is 12.1 Å². The standard InChI is InChI=1S/C15H21N2O2/c1-17(2,3)15-12(9-10-14(18)19-4)11-7-5-6-8-13(11)16-15/h5-8,16H,9-10H2,1-4H3/q+1. The minimum atomic E-state index is -0.169. The molecule has 0 saturated heterocycles. The van der Waals surface area contributed by atoms with Gasteiger partial charge >= 0.3 is 5.97 Å². The van der Waals surface area contributed by atoms with Crippen molar-refractivity contribution < 1.29 is 9.53 Å². The van der Waals surface area contributed by atoms with Crippen molar-refractivity contribution >= 4 is 22.7 Å². The Morgan fingerprint density at radius 1 is 1.26 bits per heavy atom. The van der Waals surface area contributed by atoms with Crippen LogP contribution in [-0.4, -0.2) is 39.2 Å². The quantitative estimate of drug-likeness (QED) is 0.678. The van der Waals surface area contributed by atoms with Crippen LogP contribution in [0.1, 0.15) is 12.0 Å². The number of carbonyl (C=O) groups excluding carboxylic acids is 1. The van der Waals surface area contributed by atoms with Gasteiger partial charge < -0.3 is 9.72 Å². The Balaban J connectivity index is 2.46. The molecule has 2 aromatic rings. The molecule has 1 heterocycles. The van der Waals surface area contributed by atoms with Crippen molar-refractivity contribution in [2.45, 2.75) is 12.8 Å². The van der Waals surface area contributed by atoms with Crippen LogP contribution in [0.15, 0.2) is 24.3 Å². The van der Waals surface area contributed by atoms with Crippen LogP contribution in [0.4, 0.5) is 5.82 Å². The van der Waals surface area contributed by atoms with Crippen LogP contribution in [0.5, 0.6) is 0 Å². The number of H-pyrrole nitrogens is 1. The number of aromatic amines is 1. The van der Waals surface area contributed by atoms with Gasteiger partial charge in [-0.15, -0.1) is 0 Å². The summed E-state index contributed by atoms with van der Waals surface area (Å²) in [4.78, 5) is 14.8. The van der Waals surface area contributed by atoms with Crippen LogP contribution < -0.4 is 4.48 Å². The molecule has 1 aromatic heterocycles. The van der Waals surface area contributed by atoms with Gasteiger partial charge in [-0.25, -0.2) is 0 Å². The monoisotopic (exact) mass is 261 g/mol. The highest BCUT2D eigenvalue weighted by Crippen LogP contribution is 2.31. The number of nitrogens with one attached hydrogen (secondary N) is 1. The third-order valence-electron chi connectivity index (χ3n) is 3.27. The molecule has 0 unspecified atom stereocenters. The number of hydrogen-bond acceptors (Lipinski definition) is 2. The molecule has 0 amide bonds. The summed E-state index contributed by atoms with van der Waals surface area (Å²) in [5, 5.41) is 1.19. The van der Waals surface area contributed by atoms with Crippen molar-refractivity contribution in [1.82, 2.24) is 9.47 Å². The van der Waals surface area contributed by atoms with Gasteiger partial charge in [0.1, 0.15) is 0 Å². The first-order valence-electron chi connectivity index (χ1n) is 6.42. The number of carbonyl (C=O) groups is 1. The number of ether oxygens (including phenoxy) is 1. The second kappa shape index (κ2) is 5.05. The van der Waals surface area contributed by atoms with E-state index < -0.39 is 0 Å². The van der Waals surface area contributed by atoms with E-state index in [1.165, 1.54) is 18.1 Å². The highest BCUT2D eigenvalue weighted by atomic mass is 16.5. The first kappa shape index (κ1) is 13.6. The van der Waals surface area contributed by atoms with Crippen LogP contribution in [-0.2, 0) is 16.0 Å². The molecule has 0 radical (unpaired) electrons. The minimum absolute atomic E-state index is 0.169. The maximum absolute atomic E-state index is 11.4. The maximum atomic E-state index is 11.4.